The molecule has 2 aromatic heterocycles. The normalized spacial score (nSPS) is 15.7. The van der Waals surface area contributed by atoms with Crippen LogP contribution in [0.25, 0.3) is 16.2 Å². The first-order chi connectivity index (χ1) is 18.3. The molecule has 9 nitrogen and oxygen atoms in total. The van der Waals surface area contributed by atoms with Crippen LogP contribution in [0.4, 0.5) is 10.6 Å². The van der Waals surface area contributed by atoms with Crippen molar-refractivity contribution in [3.63, 3.8) is 0 Å². The molecule has 2 aliphatic rings. The lowest BCUT2D eigenvalue weighted by molar-refractivity contribution is -0.133. The Bertz CT molecular complexity index is 1420. The lowest BCUT2D eigenvalue weighted by Gasteiger charge is -2.35. The number of hydrogen-bond acceptors (Lipinski definition) is 6. The first-order valence-electron chi connectivity index (χ1n) is 12.7. The van der Waals surface area contributed by atoms with Gasteiger partial charge in [-0.2, -0.15) is 0 Å². The fraction of sp³-hybridized carbons (Fsp3) is 0.357. The molecule has 1 N–H and O–H groups in total. The van der Waals surface area contributed by atoms with Gasteiger partial charge in [-0.25, -0.2) is 9.78 Å². The summed E-state index contributed by atoms with van der Waals surface area (Å²) in [6, 6.07) is 9.85. The van der Waals surface area contributed by atoms with Crippen LogP contribution < -0.4 is 5.32 Å². The number of benzene rings is 1. The van der Waals surface area contributed by atoms with Crippen molar-refractivity contribution < 1.29 is 14.4 Å². The number of piperazine rings is 1. The van der Waals surface area contributed by atoms with Crippen LogP contribution in [0.1, 0.15) is 21.6 Å². The number of aromatic nitrogens is 1. The summed E-state index contributed by atoms with van der Waals surface area (Å²) in [7, 11) is 3.83. The quantitative estimate of drug-likeness (QED) is 0.457. The number of nitrogens with zero attached hydrogens (tertiary/aromatic N) is 5. The molecule has 1 fully saturated rings. The second-order valence-corrected chi connectivity index (χ2v) is 11.1. The van der Waals surface area contributed by atoms with Gasteiger partial charge in [0.15, 0.2) is 0 Å². The number of amides is 4. The van der Waals surface area contributed by atoms with E-state index >= 15 is 0 Å². The largest absolute Gasteiger partial charge is 0.339 e. The summed E-state index contributed by atoms with van der Waals surface area (Å²) >= 11 is 1.72. The minimum absolute atomic E-state index is 0. The maximum Gasteiger partial charge on any atom is 0.323 e. The van der Waals surface area contributed by atoms with E-state index in [0.29, 0.717) is 25.5 Å². The second kappa shape index (κ2) is 12.1. The van der Waals surface area contributed by atoms with Crippen molar-refractivity contribution in [3.05, 3.63) is 64.2 Å². The molecule has 4 heterocycles. The molecule has 0 unspecified atom stereocenters. The Hall–Kier alpha value is -3.47. The number of thiophene rings is 1. The first-order valence-corrected chi connectivity index (χ1v) is 13.5. The Balaban J connectivity index is 0.00000353. The Morgan fingerprint density at radius 3 is 2.67 bits per heavy atom. The number of halogens is 1. The third kappa shape index (κ3) is 6.41. The number of urea groups is 1. The third-order valence-corrected chi connectivity index (χ3v) is 8.42. The van der Waals surface area contributed by atoms with Crippen LogP contribution >= 0.6 is 23.7 Å². The van der Waals surface area contributed by atoms with Crippen LogP contribution in [-0.4, -0.2) is 89.2 Å². The zero-order valence-electron chi connectivity index (χ0n) is 22.3. The molecule has 206 valence electrons. The summed E-state index contributed by atoms with van der Waals surface area (Å²) in [5.74, 6) is 0.328. The van der Waals surface area contributed by atoms with E-state index in [2.05, 4.69) is 34.3 Å². The topological polar surface area (TPSA) is 89.1 Å². The predicted octanol–water partition coefficient (Wildman–Crippen LogP) is 3.82. The minimum Gasteiger partial charge on any atom is -0.339 e. The van der Waals surface area contributed by atoms with Gasteiger partial charge >= 0.3 is 6.03 Å². The van der Waals surface area contributed by atoms with Gasteiger partial charge in [-0.3, -0.25) is 14.9 Å². The standard InChI is InChI=1S/C28H32N6O3S.ClH/c1-19-22-6-4-5-7-23(22)38-24(19)17-32(3)25(35)9-8-20-14-21-16-34(28(37)30-27(21)29-15-20)18-26(36)33-12-10-31(2)11-13-33;/h4-9,14-15H,10-13,16-18H2,1-3H3,(H,29,30,37);1H. The van der Waals surface area contributed by atoms with Gasteiger partial charge in [-0.1, -0.05) is 18.2 Å². The molecule has 4 amide bonds. The van der Waals surface area contributed by atoms with Crippen LogP contribution in [0, 0.1) is 6.92 Å². The van der Waals surface area contributed by atoms with Crippen molar-refractivity contribution in [3.8, 4) is 0 Å². The van der Waals surface area contributed by atoms with Gasteiger partial charge in [-0.15, -0.1) is 23.7 Å². The van der Waals surface area contributed by atoms with Gasteiger partial charge in [0.05, 0.1) is 13.1 Å². The van der Waals surface area contributed by atoms with E-state index in [4.69, 9.17) is 0 Å². The fourth-order valence-electron chi connectivity index (χ4n) is 4.72. The molecule has 0 bridgehead atoms. The number of carbonyl (C=O) groups is 3. The summed E-state index contributed by atoms with van der Waals surface area (Å²) in [6.45, 7) is 5.95. The summed E-state index contributed by atoms with van der Waals surface area (Å²) in [6.07, 6.45) is 4.91. The molecule has 0 aliphatic carbocycles. The molecule has 0 radical (unpaired) electrons. The molecule has 0 atom stereocenters. The highest BCUT2D eigenvalue weighted by Gasteiger charge is 2.28. The van der Waals surface area contributed by atoms with Crippen LogP contribution in [0.3, 0.4) is 0 Å². The molecule has 5 rings (SSSR count). The van der Waals surface area contributed by atoms with E-state index in [1.54, 1.807) is 41.6 Å². The van der Waals surface area contributed by atoms with Crippen molar-refractivity contribution >= 4 is 63.6 Å². The summed E-state index contributed by atoms with van der Waals surface area (Å²) in [4.78, 5) is 50.9. The van der Waals surface area contributed by atoms with Crippen LogP contribution in [0.5, 0.6) is 0 Å². The van der Waals surface area contributed by atoms with E-state index in [1.165, 1.54) is 25.4 Å². The van der Waals surface area contributed by atoms with Gasteiger partial charge in [0, 0.05) is 60.6 Å². The zero-order valence-corrected chi connectivity index (χ0v) is 24.0. The number of rotatable bonds is 6. The van der Waals surface area contributed by atoms with E-state index in [1.807, 2.05) is 30.1 Å². The molecule has 0 spiro atoms. The third-order valence-electron chi connectivity index (χ3n) is 7.16. The Morgan fingerprint density at radius 2 is 1.92 bits per heavy atom. The molecule has 3 aromatic rings. The fourth-order valence-corrected chi connectivity index (χ4v) is 5.99. The Labute approximate surface area is 238 Å². The van der Waals surface area contributed by atoms with E-state index in [9.17, 15) is 14.4 Å². The number of nitrogens with one attached hydrogen (secondary N) is 1. The number of hydrogen-bond donors (Lipinski definition) is 1. The molecule has 11 heteroatoms. The summed E-state index contributed by atoms with van der Waals surface area (Å²) in [5.41, 5.74) is 2.77. The molecule has 1 aromatic carbocycles. The molecule has 1 saturated heterocycles. The van der Waals surface area contributed by atoms with E-state index in [-0.39, 0.29) is 43.3 Å². The zero-order chi connectivity index (χ0) is 26.8. The number of aryl methyl sites for hydroxylation is 1. The van der Waals surface area contributed by atoms with Crippen molar-refractivity contribution in [2.45, 2.75) is 20.0 Å². The average Bonchev–Trinajstić information content (AvgIpc) is 3.23. The van der Waals surface area contributed by atoms with Crippen LogP contribution in [-0.2, 0) is 22.7 Å². The smallest absolute Gasteiger partial charge is 0.323 e. The van der Waals surface area contributed by atoms with Crippen molar-refractivity contribution in [2.24, 2.45) is 0 Å². The lowest BCUT2D eigenvalue weighted by atomic mass is 10.1. The van der Waals surface area contributed by atoms with Gasteiger partial charge < -0.3 is 19.6 Å². The number of likely N-dealkylation sites (N-methyl/N-ethyl adjacent to an activating group) is 2. The number of anilines is 1. The van der Waals surface area contributed by atoms with Gasteiger partial charge in [0.2, 0.25) is 11.8 Å². The van der Waals surface area contributed by atoms with Crippen molar-refractivity contribution in [1.82, 2.24) is 24.6 Å². The van der Waals surface area contributed by atoms with Crippen LogP contribution in [0.15, 0.2) is 42.6 Å². The molecule has 0 saturated carbocycles. The van der Waals surface area contributed by atoms with Gasteiger partial charge in [0.25, 0.3) is 0 Å². The van der Waals surface area contributed by atoms with Crippen LogP contribution in [0.2, 0.25) is 0 Å². The predicted molar refractivity (Wildman–Crippen MR) is 157 cm³/mol. The van der Waals surface area contributed by atoms with E-state index in [0.717, 1.165) is 24.2 Å². The maximum absolute atomic E-state index is 12.8. The van der Waals surface area contributed by atoms with Gasteiger partial charge in [-0.05, 0) is 48.7 Å². The average molecular weight is 569 g/mol. The number of pyridine rings is 1. The highest BCUT2D eigenvalue weighted by molar-refractivity contribution is 7.19. The van der Waals surface area contributed by atoms with E-state index < -0.39 is 0 Å². The molecule has 39 heavy (non-hydrogen) atoms. The maximum atomic E-state index is 12.8. The second-order valence-electron chi connectivity index (χ2n) is 9.92. The number of carbonyl (C=O) groups excluding carboxylic acids is 3. The lowest BCUT2D eigenvalue weighted by Crippen LogP contribution is -2.51. The molecular formula is C28H33ClN6O3S. The highest BCUT2D eigenvalue weighted by Crippen LogP contribution is 2.31. The Morgan fingerprint density at radius 1 is 1.18 bits per heavy atom. The molecular weight excluding hydrogens is 536 g/mol. The van der Waals surface area contributed by atoms with Gasteiger partial charge in [0.1, 0.15) is 12.4 Å². The Kier molecular flexibility index (Phi) is 8.89. The molecule has 2 aliphatic heterocycles. The number of fused-ring (bicyclic) bond motifs is 2. The van der Waals surface area contributed by atoms with Crippen molar-refractivity contribution in [2.75, 3.05) is 52.1 Å². The monoisotopic (exact) mass is 568 g/mol. The summed E-state index contributed by atoms with van der Waals surface area (Å²) in [5, 5.41) is 4.01. The summed E-state index contributed by atoms with van der Waals surface area (Å²) < 4.78 is 1.22. The van der Waals surface area contributed by atoms with Crippen molar-refractivity contribution in [1.29, 1.82) is 0 Å². The highest BCUT2D eigenvalue weighted by atomic mass is 35.5. The first kappa shape index (κ1) is 28.5. The minimum atomic E-state index is -0.330. The SMILES string of the molecule is Cc1c(CN(C)C(=O)C=Cc2cnc3c(c2)CN(CC(=O)N2CCN(C)CC2)C(=O)N3)sc2ccccc12.Cl.